The molecule has 118 valence electrons. The van der Waals surface area contributed by atoms with Crippen LogP contribution in [-0.4, -0.2) is 54.7 Å². The second-order valence-electron chi connectivity index (χ2n) is 7.38. The second kappa shape index (κ2) is 5.87. The van der Waals surface area contributed by atoms with Gasteiger partial charge < -0.3 is 14.8 Å². The summed E-state index contributed by atoms with van der Waals surface area (Å²) in [5.74, 6) is 0. The van der Waals surface area contributed by atoms with Gasteiger partial charge in [-0.05, 0) is 41.5 Å². The fourth-order valence-corrected chi connectivity index (χ4v) is 2.27. The Balaban J connectivity index is 2.72. The second-order valence-corrected chi connectivity index (χ2v) is 7.38. The Morgan fingerprint density at radius 3 is 2.35 bits per heavy atom. The number of nitrogens with zero attached hydrogens (tertiary/aromatic N) is 1. The molecule has 1 atom stereocenters. The summed E-state index contributed by atoms with van der Waals surface area (Å²) in [5.41, 5.74) is -1.06. The van der Waals surface area contributed by atoms with Crippen LogP contribution < -0.4 is 5.32 Å². The molecule has 1 rings (SSSR count). The van der Waals surface area contributed by atoms with Crippen molar-refractivity contribution in [3.05, 3.63) is 0 Å². The maximum Gasteiger partial charge on any atom is 0.434 e. The average molecular weight is 288 g/mol. The van der Waals surface area contributed by atoms with Crippen molar-refractivity contribution in [2.24, 2.45) is 0 Å². The number of hydroxylamine groups is 2. The zero-order valence-electron chi connectivity index (χ0n) is 13.7. The maximum absolute atomic E-state index is 12.0. The van der Waals surface area contributed by atoms with Crippen molar-refractivity contribution >= 4 is 6.09 Å². The monoisotopic (exact) mass is 288 g/mol. The Labute approximate surface area is 121 Å². The van der Waals surface area contributed by atoms with Gasteiger partial charge in [0.15, 0.2) is 0 Å². The molecule has 20 heavy (non-hydrogen) atoms. The van der Waals surface area contributed by atoms with Crippen LogP contribution in [0.2, 0.25) is 0 Å². The van der Waals surface area contributed by atoms with Crippen molar-refractivity contribution in [2.75, 3.05) is 26.9 Å². The van der Waals surface area contributed by atoms with Gasteiger partial charge in [-0.1, -0.05) is 0 Å². The molecule has 0 aromatic carbocycles. The van der Waals surface area contributed by atoms with Crippen molar-refractivity contribution in [3.63, 3.8) is 0 Å². The van der Waals surface area contributed by atoms with Gasteiger partial charge in [-0.25, -0.2) is 4.79 Å². The Morgan fingerprint density at radius 2 is 1.90 bits per heavy atom. The zero-order chi connectivity index (χ0) is 15.6. The first-order valence-corrected chi connectivity index (χ1v) is 6.88. The molecule has 1 amide bonds. The van der Waals surface area contributed by atoms with Crippen LogP contribution >= 0.6 is 0 Å². The quantitative estimate of drug-likeness (QED) is 0.860. The minimum Gasteiger partial charge on any atom is -0.442 e. The third-order valence-corrected chi connectivity index (χ3v) is 2.60. The number of methoxy groups -OCH3 is 1. The molecule has 0 spiro atoms. The predicted molar refractivity (Wildman–Crippen MR) is 76.4 cm³/mol. The summed E-state index contributed by atoms with van der Waals surface area (Å²) in [6, 6.07) is 0. The number of nitrogens with one attached hydrogen (secondary N) is 1. The Bertz CT molecular complexity index is 346. The first kappa shape index (κ1) is 17.2. The molecule has 6 heteroatoms. The lowest BCUT2D eigenvalue weighted by atomic mass is 9.97. The molecule has 1 aliphatic heterocycles. The van der Waals surface area contributed by atoms with E-state index in [4.69, 9.17) is 14.3 Å². The normalized spacial score (nSPS) is 24.1. The van der Waals surface area contributed by atoms with Crippen molar-refractivity contribution in [2.45, 2.75) is 58.2 Å². The average Bonchev–Trinajstić information content (AvgIpc) is 2.57. The summed E-state index contributed by atoms with van der Waals surface area (Å²) in [6.07, 6.45) is -0.466. The van der Waals surface area contributed by atoms with E-state index in [0.29, 0.717) is 19.8 Å². The van der Waals surface area contributed by atoms with E-state index in [2.05, 4.69) is 26.1 Å². The first-order chi connectivity index (χ1) is 8.96. The molecule has 0 aromatic rings. The van der Waals surface area contributed by atoms with E-state index in [1.54, 1.807) is 7.11 Å². The summed E-state index contributed by atoms with van der Waals surface area (Å²) in [7, 11) is 1.64. The molecule has 1 heterocycles. The van der Waals surface area contributed by atoms with Crippen molar-refractivity contribution in [1.82, 2.24) is 10.4 Å². The lowest BCUT2D eigenvalue weighted by Crippen LogP contribution is -2.60. The van der Waals surface area contributed by atoms with Gasteiger partial charge in [-0.3, -0.25) is 4.84 Å². The number of hydrogen-bond acceptors (Lipinski definition) is 5. The zero-order valence-corrected chi connectivity index (χ0v) is 13.7. The number of ether oxygens (including phenoxy) is 2. The maximum atomic E-state index is 12.0. The minimum atomic E-state index is -0.537. The van der Waals surface area contributed by atoms with Gasteiger partial charge in [-0.2, -0.15) is 5.06 Å². The van der Waals surface area contributed by atoms with E-state index in [-0.39, 0.29) is 5.54 Å². The molecule has 0 saturated carbocycles. The molecule has 1 aliphatic rings. The van der Waals surface area contributed by atoms with Gasteiger partial charge in [0.25, 0.3) is 0 Å². The lowest BCUT2D eigenvalue weighted by molar-refractivity contribution is -0.108. The third-order valence-electron chi connectivity index (χ3n) is 2.60. The Morgan fingerprint density at radius 1 is 1.30 bits per heavy atom. The van der Waals surface area contributed by atoms with E-state index >= 15 is 0 Å². The lowest BCUT2D eigenvalue weighted by Gasteiger charge is -2.35. The summed E-state index contributed by atoms with van der Waals surface area (Å²) in [5, 5.41) is 4.75. The van der Waals surface area contributed by atoms with E-state index in [9.17, 15) is 4.79 Å². The van der Waals surface area contributed by atoms with Crippen LogP contribution in [-0.2, 0) is 14.3 Å². The van der Waals surface area contributed by atoms with Gasteiger partial charge >= 0.3 is 6.09 Å². The van der Waals surface area contributed by atoms with Crippen LogP contribution in [0.1, 0.15) is 41.5 Å². The molecule has 6 nitrogen and oxygen atoms in total. The SMILES string of the molecule is COC[C@@]1(NC(C)(C)C)CON(C(=O)OC(C)(C)C)C1. The minimum absolute atomic E-state index is 0.105. The third kappa shape index (κ3) is 5.26. The van der Waals surface area contributed by atoms with E-state index in [1.807, 2.05) is 20.8 Å². The number of carbonyl (C=O) groups is 1. The standard InChI is InChI=1S/C14H28N2O4/c1-12(2,3)15-14(9-18-7)8-16(19-10-14)11(17)20-13(4,5)6/h15H,8-10H2,1-7H3/t14-/m1/s1. The summed E-state index contributed by atoms with van der Waals surface area (Å²) < 4.78 is 10.6. The number of amides is 1. The summed E-state index contributed by atoms with van der Waals surface area (Å²) in [6.45, 7) is 12.9. The molecular weight excluding hydrogens is 260 g/mol. The van der Waals surface area contributed by atoms with Crippen LogP contribution in [0.25, 0.3) is 0 Å². The van der Waals surface area contributed by atoms with Gasteiger partial charge in [-0.15, -0.1) is 0 Å². The summed E-state index contributed by atoms with van der Waals surface area (Å²) in [4.78, 5) is 17.5. The van der Waals surface area contributed by atoms with Crippen LogP contribution in [0.3, 0.4) is 0 Å². The van der Waals surface area contributed by atoms with E-state index in [0.717, 1.165) is 0 Å². The number of rotatable bonds is 3. The van der Waals surface area contributed by atoms with Crippen LogP contribution in [0.5, 0.6) is 0 Å². The Kier molecular flexibility index (Phi) is 5.05. The van der Waals surface area contributed by atoms with Crippen LogP contribution in [0.15, 0.2) is 0 Å². The molecular formula is C14H28N2O4. The highest BCUT2D eigenvalue weighted by Crippen LogP contribution is 2.23. The van der Waals surface area contributed by atoms with E-state index < -0.39 is 17.2 Å². The molecule has 1 saturated heterocycles. The van der Waals surface area contributed by atoms with Crippen molar-refractivity contribution in [3.8, 4) is 0 Å². The fraction of sp³-hybridized carbons (Fsp3) is 0.929. The van der Waals surface area contributed by atoms with Crippen molar-refractivity contribution < 1.29 is 19.1 Å². The van der Waals surface area contributed by atoms with Crippen LogP contribution in [0.4, 0.5) is 4.79 Å². The molecule has 0 unspecified atom stereocenters. The van der Waals surface area contributed by atoms with Gasteiger partial charge in [0, 0.05) is 12.6 Å². The molecule has 0 aliphatic carbocycles. The Hall–Kier alpha value is -0.850. The number of hydrogen-bond donors (Lipinski definition) is 1. The highest BCUT2D eigenvalue weighted by molar-refractivity contribution is 5.67. The molecule has 1 N–H and O–H groups in total. The van der Waals surface area contributed by atoms with Gasteiger partial charge in [0.1, 0.15) is 5.60 Å². The van der Waals surface area contributed by atoms with Gasteiger partial charge in [0.2, 0.25) is 0 Å². The van der Waals surface area contributed by atoms with Gasteiger partial charge in [0.05, 0.1) is 25.3 Å². The molecule has 0 aromatic heterocycles. The number of carbonyl (C=O) groups excluding carboxylic acids is 1. The van der Waals surface area contributed by atoms with Crippen molar-refractivity contribution in [1.29, 1.82) is 0 Å². The molecule has 0 radical (unpaired) electrons. The smallest absolute Gasteiger partial charge is 0.434 e. The van der Waals surface area contributed by atoms with E-state index in [1.165, 1.54) is 5.06 Å². The van der Waals surface area contributed by atoms with Crippen LogP contribution in [0, 0.1) is 0 Å². The predicted octanol–water partition coefficient (Wildman–Crippen LogP) is 1.94. The highest BCUT2D eigenvalue weighted by Gasteiger charge is 2.44. The highest BCUT2D eigenvalue weighted by atomic mass is 16.7. The topological polar surface area (TPSA) is 60.0 Å². The first-order valence-electron chi connectivity index (χ1n) is 6.88. The largest absolute Gasteiger partial charge is 0.442 e. The molecule has 1 fully saturated rings. The summed E-state index contributed by atoms with van der Waals surface area (Å²) >= 11 is 0. The molecule has 0 bridgehead atoms. The fourth-order valence-electron chi connectivity index (χ4n) is 2.27.